The van der Waals surface area contributed by atoms with Crippen molar-refractivity contribution >= 4 is 40.9 Å². The number of aromatic nitrogens is 1. The van der Waals surface area contributed by atoms with Crippen molar-refractivity contribution < 1.29 is 33.4 Å². The first-order chi connectivity index (χ1) is 16.7. The number of benzene rings is 1. The van der Waals surface area contributed by atoms with Gasteiger partial charge in [0.15, 0.2) is 5.69 Å². The third-order valence-electron chi connectivity index (χ3n) is 4.80. The van der Waals surface area contributed by atoms with E-state index in [1.165, 1.54) is 30.5 Å². The summed E-state index contributed by atoms with van der Waals surface area (Å²) < 4.78 is 14.1. The predicted octanol–water partition coefficient (Wildman–Crippen LogP) is 1.19. The molecule has 0 aliphatic heterocycles. The molecule has 3 rings (SSSR count). The van der Waals surface area contributed by atoms with E-state index in [1.54, 1.807) is 19.1 Å². The molecule has 13 heteroatoms. The number of esters is 1. The number of rotatable bonds is 10. The highest BCUT2D eigenvalue weighted by atomic mass is 32.1. The standard InChI is InChI=1S/C22H23N5O7S/c1-2-33-15(29)10-25-21(31)18(12-5-7-13(28)8-6-12)27(11-14-4-3-9-34-14)22(32)19-16(23)17(20(24)30)26-35-19/h3-9,18,28H,2,10-11,23H2,1H3,(H2,24,30)(H,25,31)/t18-/m0/s1. The molecule has 0 aliphatic carbocycles. The molecule has 1 atom stereocenters. The maximum Gasteiger partial charge on any atom is 0.325 e. The SMILES string of the molecule is CCOC(=O)CNC(=O)[C@H](c1ccc(O)cc1)N(Cc1ccco1)C(=O)c1snc(C(N)=O)c1N. The molecule has 0 aliphatic rings. The average Bonchev–Trinajstić information content (AvgIpc) is 3.47. The molecule has 0 bridgehead atoms. The summed E-state index contributed by atoms with van der Waals surface area (Å²) in [4.78, 5) is 51.4. The molecule has 35 heavy (non-hydrogen) atoms. The summed E-state index contributed by atoms with van der Waals surface area (Å²) in [5.41, 5.74) is 11.1. The number of phenols is 1. The molecule has 184 valence electrons. The van der Waals surface area contributed by atoms with Crippen molar-refractivity contribution in [2.75, 3.05) is 18.9 Å². The Bertz CT molecular complexity index is 1210. The summed E-state index contributed by atoms with van der Waals surface area (Å²) in [6.45, 7) is 1.15. The molecule has 0 spiro atoms. The molecule has 6 N–H and O–H groups in total. The molecular formula is C22H23N5O7S. The first-order valence-corrected chi connectivity index (χ1v) is 11.1. The fraction of sp³-hybridized carbons (Fsp3) is 0.227. The summed E-state index contributed by atoms with van der Waals surface area (Å²) in [5, 5.41) is 12.2. The van der Waals surface area contributed by atoms with Gasteiger partial charge >= 0.3 is 5.97 Å². The van der Waals surface area contributed by atoms with Crippen LogP contribution in [0.15, 0.2) is 47.1 Å². The lowest BCUT2D eigenvalue weighted by molar-refractivity contribution is -0.144. The minimum atomic E-state index is -1.29. The van der Waals surface area contributed by atoms with E-state index in [0.29, 0.717) is 22.9 Å². The number of ether oxygens (including phenoxy) is 1. The predicted molar refractivity (Wildman–Crippen MR) is 124 cm³/mol. The smallest absolute Gasteiger partial charge is 0.325 e. The first-order valence-electron chi connectivity index (χ1n) is 10.3. The number of phenolic OH excluding ortho intramolecular Hbond substituents is 1. The van der Waals surface area contributed by atoms with E-state index in [2.05, 4.69) is 9.69 Å². The van der Waals surface area contributed by atoms with Crippen molar-refractivity contribution in [3.05, 3.63) is 64.6 Å². The zero-order chi connectivity index (χ0) is 25.5. The number of carbonyl (C=O) groups excluding carboxylic acids is 4. The van der Waals surface area contributed by atoms with Gasteiger partial charge in [0.05, 0.1) is 25.1 Å². The van der Waals surface area contributed by atoms with Crippen LogP contribution in [0.25, 0.3) is 0 Å². The van der Waals surface area contributed by atoms with Crippen LogP contribution in [0.2, 0.25) is 0 Å². The third-order valence-corrected chi connectivity index (χ3v) is 5.65. The van der Waals surface area contributed by atoms with Crippen LogP contribution in [0.5, 0.6) is 5.75 Å². The van der Waals surface area contributed by atoms with Crippen LogP contribution < -0.4 is 16.8 Å². The summed E-state index contributed by atoms with van der Waals surface area (Å²) in [6.07, 6.45) is 1.40. The number of primary amides is 1. The van der Waals surface area contributed by atoms with Crippen LogP contribution in [0.3, 0.4) is 0 Å². The van der Waals surface area contributed by atoms with Gasteiger partial charge in [-0.1, -0.05) is 12.1 Å². The molecule has 3 aromatic rings. The molecule has 0 fully saturated rings. The Morgan fingerprint density at radius 3 is 2.51 bits per heavy atom. The minimum absolute atomic E-state index is 0.0545. The second kappa shape index (κ2) is 11.2. The van der Waals surface area contributed by atoms with Gasteiger partial charge in [0.25, 0.3) is 11.8 Å². The summed E-state index contributed by atoms with van der Waals surface area (Å²) in [6, 6.07) is 7.54. The molecule has 3 amide bonds. The van der Waals surface area contributed by atoms with Crippen LogP contribution >= 0.6 is 11.5 Å². The number of aromatic hydroxyl groups is 1. The molecule has 0 radical (unpaired) electrons. The average molecular weight is 502 g/mol. The Hall–Kier alpha value is -4.39. The lowest BCUT2D eigenvalue weighted by Gasteiger charge is -2.30. The highest BCUT2D eigenvalue weighted by molar-refractivity contribution is 7.09. The van der Waals surface area contributed by atoms with Crippen LogP contribution in [0.1, 0.15) is 44.4 Å². The van der Waals surface area contributed by atoms with Crippen LogP contribution in [0, 0.1) is 0 Å². The zero-order valence-corrected chi connectivity index (χ0v) is 19.4. The fourth-order valence-corrected chi connectivity index (χ4v) is 3.97. The van der Waals surface area contributed by atoms with E-state index in [0.717, 1.165) is 4.90 Å². The van der Waals surface area contributed by atoms with Gasteiger partial charge < -0.3 is 35.9 Å². The number of carbonyl (C=O) groups is 4. The zero-order valence-electron chi connectivity index (χ0n) is 18.6. The Morgan fingerprint density at radius 2 is 1.94 bits per heavy atom. The molecule has 1 aromatic carbocycles. The third kappa shape index (κ3) is 5.95. The molecule has 0 saturated carbocycles. The number of nitrogen functional groups attached to an aromatic ring is 1. The molecular weight excluding hydrogens is 478 g/mol. The van der Waals surface area contributed by atoms with Crippen molar-refractivity contribution in [3.63, 3.8) is 0 Å². The Kier molecular flexibility index (Phi) is 8.04. The van der Waals surface area contributed by atoms with Crippen molar-refractivity contribution in [1.29, 1.82) is 0 Å². The van der Waals surface area contributed by atoms with Gasteiger partial charge in [-0.2, -0.15) is 4.37 Å². The minimum Gasteiger partial charge on any atom is -0.508 e. The van der Waals surface area contributed by atoms with E-state index in [9.17, 15) is 24.3 Å². The van der Waals surface area contributed by atoms with Crippen LogP contribution in [-0.2, 0) is 20.9 Å². The molecule has 2 aromatic heterocycles. The van der Waals surface area contributed by atoms with E-state index in [-0.39, 0.29) is 35.2 Å². The molecule has 12 nitrogen and oxygen atoms in total. The monoisotopic (exact) mass is 501 g/mol. The summed E-state index contributed by atoms with van der Waals surface area (Å²) in [7, 11) is 0. The highest BCUT2D eigenvalue weighted by Gasteiger charge is 2.35. The Morgan fingerprint density at radius 1 is 1.23 bits per heavy atom. The summed E-state index contributed by atoms with van der Waals surface area (Å²) in [5.74, 6) is -2.71. The Balaban J connectivity index is 2.05. The van der Waals surface area contributed by atoms with Gasteiger partial charge in [0.1, 0.15) is 29.0 Å². The Labute approximate surface area is 203 Å². The van der Waals surface area contributed by atoms with E-state index in [1.807, 2.05) is 0 Å². The number of amides is 3. The van der Waals surface area contributed by atoms with Gasteiger partial charge in [-0.3, -0.25) is 19.2 Å². The fourth-order valence-electron chi connectivity index (χ4n) is 3.21. The second-order valence-electron chi connectivity index (χ2n) is 7.17. The first kappa shape index (κ1) is 25.2. The highest BCUT2D eigenvalue weighted by Crippen LogP contribution is 2.31. The quantitative estimate of drug-likeness (QED) is 0.295. The van der Waals surface area contributed by atoms with Crippen molar-refractivity contribution in [2.45, 2.75) is 19.5 Å². The number of nitrogens with two attached hydrogens (primary N) is 2. The number of nitrogens with one attached hydrogen (secondary N) is 1. The molecule has 0 saturated heterocycles. The van der Waals surface area contributed by atoms with Crippen LogP contribution in [-0.4, -0.2) is 51.2 Å². The van der Waals surface area contributed by atoms with E-state index < -0.39 is 36.3 Å². The van der Waals surface area contributed by atoms with Crippen molar-refractivity contribution in [1.82, 2.24) is 14.6 Å². The van der Waals surface area contributed by atoms with Crippen molar-refractivity contribution in [2.24, 2.45) is 5.73 Å². The number of hydrogen-bond donors (Lipinski definition) is 4. The normalized spacial score (nSPS) is 11.5. The molecule has 0 unspecified atom stereocenters. The number of anilines is 1. The number of hydrogen-bond acceptors (Lipinski definition) is 10. The lowest BCUT2D eigenvalue weighted by atomic mass is 10.0. The number of nitrogens with zero attached hydrogens (tertiary/aromatic N) is 2. The maximum absolute atomic E-state index is 13.7. The topological polar surface area (TPSA) is 191 Å². The largest absolute Gasteiger partial charge is 0.508 e. The second-order valence-corrected chi connectivity index (χ2v) is 7.94. The van der Waals surface area contributed by atoms with Gasteiger partial charge in [0.2, 0.25) is 5.91 Å². The van der Waals surface area contributed by atoms with Gasteiger partial charge in [0, 0.05) is 0 Å². The molecule has 2 heterocycles. The van der Waals surface area contributed by atoms with Crippen molar-refractivity contribution in [3.8, 4) is 5.75 Å². The van der Waals surface area contributed by atoms with E-state index >= 15 is 0 Å². The van der Waals surface area contributed by atoms with Crippen LogP contribution in [0.4, 0.5) is 5.69 Å². The van der Waals surface area contributed by atoms with Gasteiger partial charge in [-0.15, -0.1) is 0 Å². The van der Waals surface area contributed by atoms with E-state index in [4.69, 9.17) is 20.6 Å². The number of furan rings is 1. The lowest BCUT2D eigenvalue weighted by Crippen LogP contribution is -2.44. The maximum atomic E-state index is 13.7. The summed E-state index contributed by atoms with van der Waals surface area (Å²) >= 11 is 0.662. The van der Waals surface area contributed by atoms with Gasteiger partial charge in [-0.05, 0) is 48.3 Å². The van der Waals surface area contributed by atoms with Gasteiger partial charge in [-0.25, -0.2) is 0 Å².